The number of rotatable bonds is 5. The van der Waals surface area contributed by atoms with Crippen LogP contribution in [-0.2, 0) is 13.0 Å². The van der Waals surface area contributed by atoms with Crippen LogP contribution in [0.2, 0.25) is 0 Å². The molecule has 3 aromatic rings. The van der Waals surface area contributed by atoms with E-state index in [0.717, 1.165) is 24.6 Å². The molecule has 7 heteroatoms. The Labute approximate surface area is 114 Å². The van der Waals surface area contributed by atoms with Crippen LogP contribution in [0.1, 0.15) is 29.4 Å². The summed E-state index contributed by atoms with van der Waals surface area (Å²) in [6, 6.07) is 4.15. The van der Waals surface area contributed by atoms with Crippen molar-refractivity contribution in [3.63, 3.8) is 0 Å². The van der Waals surface area contributed by atoms with Crippen molar-refractivity contribution in [2.45, 2.75) is 25.8 Å². The van der Waals surface area contributed by atoms with Crippen molar-refractivity contribution in [1.82, 2.24) is 29.9 Å². The number of aromatic amines is 1. The first-order valence-electron chi connectivity index (χ1n) is 6.07. The van der Waals surface area contributed by atoms with E-state index < -0.39 is 0 Å². The highest BCUT2D eigenvalue weighted by atomic mass is 32.1. The molecule has 0 radical (unpaired) electrons. The molecular weight excluding hydrogens is 260 g/mol. The molecule has 0 bridgehead atoms. The van der Waals surface area contributed by atoms with Gasteiger partial charge in [-0.15, -0.1) is 11.3 Å². The Morgan fingerprint density at radius 2 is 2.42 bits per heavy atom. The summed E-state index contributed by atoms with van der Waals surface area (Å²) in [4.78, 5) is 9.76. The highest BCUT2D eigenvalue weighted by Gasteiger charge is 2.13. The van der Waals surface area contributed by atoms with Crippen molar-refractivity contribution in [2.75, 3.05) is 0 Å². The molecule has 0 aliphatic heterocycles. The van der Waals surface area contributed by atoms with Gasteiger partial charge in [0.25, 0.3) is 0 Å². The minimum Gasteiger partial charge on any atom is -0.263 e. The Balaban J connectivity index is 1.67. The standard InChI is InChI=1S/C12H14N6S/c1-9(6-18-8-13-7-14-18)12-15-11(16-17-12)5-10-3-2-4-19-10/h2-4,7-9H,5-6H2,1H3,(H,15,16,17). The topological polar surface area (TPSA) is 72.3 Å². The molecule has 3 heterocycles. The van der Waals surface area contributed by atoms with Crippen LogP contribution in [0.3, 0.4) is 0 Å². The van der Waals surface area contributed by atoms with Gasteiger partial charge in [0.05, 0.1) is 6.54 Å². The minimum absolute atomic E-state index is 0.204. The van der Waals surface area contributed by atoms with Crippen molar-refractivity contribution in [2.24, 2.45) is 0 Å². The molecule has 3 aromatic heterocycles. The summed E-state index contributed by atoms with van der Waals surface area (Å²) in [6.07, 6.45) is 4.04. The largest absolute Gasteiger partial charge is 0.263 e. The molecule has 6 nitrogen and oxygen atoms in total. The van der Waals surface area contributed by atoms with E-state index in [4.69, 9.17) is 0 Å². The van der Waals surface area contributed by atoms with Crippen LogP contribution < -0.4 is 0 Å². The third-order valence-electron chi connectivity index (χ3n) is 2.84. The van der Waals surface area contributed by atoms with E-state index in [2.05, 4.69) is 43.6 Å². The first kappa shape index (κ1) is 12.0. The molecule has 0 aromatic carbocycles. The maximum Gasteiger partial charge on any atom is 0.155 e. The molecule has 0 spiro atoms. The first-order chi connectivity index (χ1) is 9.31. The van der Waals surface area contributed by atoms with Crippen LogP contribution in [0.4, 0.5) is 0 Å². The van der Waals surface area contributed by atoms with Crippen LogP contribution >= 0.6 is 11.3 Å². The van der Waals surface area contributed by atoms with Crippen LogP contribution in [0, 0.1) is 0 Å². The van der Waals surface area contributed by atoms with Gasteiger partial charge in [-0.25, -0.2) is 9.97 Å². The summed E-state index contributed by atoms with van der Waals surface area (Å²) >= 11 is 1.73. The highest BCUT2D eigenvalue weighted by Crippen LogP contribution is 2.15. The molecule has 0 aliphatic carbocycles. The Kier molecular flexibility index (Phi) is 3.37. The van der Waals surface area contributed by atoms with Gasteiger partial charge in [-0.1, -0.05) is 13.0 Å². The molecule has 3 rings (SSSR count). The lowest BCUT2D eigenvalue weighted by molar-refractivity contribution is 0.524. The molecule has 1 atom stereocenters. The van der Waals surface area contributed by atoms with E-state index >= 15 is 0 Å². The Morgan fingerprint density at radius 1 is 1.47 bits per heavy atom. The van der Waals surface area contributed by atoms with Gasteiger partial charge in [0, 0.05) is 17.2 Å². The SMILES string of the molecule is CC(Cn1cncn1)c1n[nH]c(Cc2cccs2)n1. The van der Waals surface area contributed by atoms with E-state index in [1.54, 1.807) is 22.3 Å². The maximum atomic E-state index is 4.54. The Bertz CT molecular complexity index is 613. The summed E-state index contributed by atoms with van der Waals surface area (Å²) in [7, 11) is 0. The average Bonchev–Trinajstić information content (AvgIpc) is 3.10. The van der Waals surface area contributed by atoms with E-state index in [9.17, 15) is 0 Å². The summed E-state index contributed by atoms with van der Waals surface area (Å²) in [6.45, 7) is 2.82. The van der Waals surface area contributed by atoms with Gasteiger partial charge in [-0.2, -0.15) is 10.2 Å². The zero-order chi connectivity index (χ0) is 13.1. The highest BCUT2D eigenvalue weighted by molar-refractivity contribution is 7.09. The van der Waals surface area contributed by atoms with Crippen LogP contribution in [0.5, 0.6) is 0 Å². The molecule has 0 aliphatic rings. The molecular formula is C12H14N6S. The molecule has 98 valence electrons. The third-order valence-corrected chi connectivity index (χ3v) is 3.72. The van der Waals surface area contributed by atoms with Gasteiger partial charge in [-0.3, -0.25) is 9.78 Å². The maximum absolute atomic E-state index is 4.54. The molecule has 0 amide bonds. The number of hydrogen-bond donors (Lipinski definition) is 1. The minimum atomic E-state index is 0.204. The van der Waals surface area contributed by atoms with Crippen LogP contribution in [0.25, 0.3) is 0 Å². The van der Waals surface area contributed by atoms with Gasteiger partial charge in [0.15, 0.2) is 5.82 Å². The van der Waals surface area contributed by atoms with Crippen molar-refractivity contribution in [3.8, 4) is 0 Å². The number of nitrogens with one attached hydrogen (secondary N) is 1. The lowest BCUT2D eigenvalue weighted by Crippen LogP contribution is -2.08. The van der Waals surface area contributed by atoms with E-state index in [1.807, 2.05) is 6.07 Å². The van der Waals surface area contributed by atoms with Crippen molar-refractivity contribution >= 4 is 11.3 Å². The fraction of sp³-hybridized carbons (Fsp3) is 0.333. The third kappa shape index (κ3) is 2.87. The normalized spacial score (nSPS) is 12.7. The summed E-state index contributed by atoms with van der Waals surface area (Å²) < 4.78 is 1.79. The Hall–Kier alpha value is -2.02. The number of H-pyrrole nitrogens is 1. The monoisotopic (exact) mass is 274 g/mol. The number of hydrogen-bond acceptors (Lipinski definition) is 5. The van der Waals surface area contributed by atoms with Crippen molar-refractivity contribution < 1.29 is 0 Å². The predicted octanol–water partition coefficient (Wildman–Crippen LogP) is 1.85. The number of aromatic nitrogens is 6. The molecule has 0 saturated heterocycles. The van der Waals surface area contributed by atoms with Crippen molar-refractivity contribution in [1.29, 1.82) is 0 Å². The number of nitrogens with zero attached hydrogens (tertiary/aromatic N) is 5. The second-order valence-corrected chi connectivity index (χ2v) is 5.45. The lowest BCUT2D eigenvalue weighted by Gasteiger charge is -2.05. The fourth-order valence-electron chi connectivity index (χ4n) is 1.88. The van der Waals surface area contributed by atoms with Crippen LogP contribution in [0.15, 0.2) is 30.2 Å². The first-order valence-corrected chi connectivity index (χ1v) is 6.95. The van der Waals surface area contributed by atoms with Gasteiger partial charge in [0.1, 0.15) is 18.5 Å². The summed E-state index contributed by atoms with van der Waals surface area (Å²) in [5, 5.41) is 13.4. The molecule has 0 fully saturated rings. The smallest absolute Gasteiger partial charge is 0.155 e. The fourth-order valence-corrected chi connectivity index (χ4v) is 2.59. The van der Waals surface area contributed by atoms with Crippen molar-refractivity contribution in [3.05, 3.63) is 46.7 Å². The van der Waals surface area contributed by atoms with E-state index in [-0.39, 0.29) is 5.92 Å². The van der Waals surface area contributed by atoms with Crippen LogP contribution in [-0.4, -0.2) is 29.9 Å². The van der Waals surface area contributed by atoms with E-state index in [1.165, 1.54) is 11.2 Å². The predicted molar refractivity (Wildman–Crippen MR) is 71.9 cm³/mol. The van der Waals surface area contributed by atoms with Gasteiger partial charge >= 0.3 is 0 Å². The summed E-state index contributed by atoms with van der Waals surface area (Å²) in [5.41, 5.74) is 0. The zero-order valence-corrected chi connectivity index (χ0v) is 11.3. The molecule has 1 N–H and O–H groups in total. The van der Waals surface area contributed by atoms with Gasteiger partial charge in [0.2, 0.25) is 0 Å². The quantitative estimate of drug-likeness (QED) is 0.770. The van der Waals surface area contributed by atoms with E-state index in [0.29, 0.717) is 0 Å². The Morgan fingerprint density at radius 3 is 3.16 bits per heavy atom. The molecule has 19 heavy (non-hydrogen) atoms. The second-order valence-electron chi connectivity index (χ2n) is 4.42. The van der Waals surface area contributed by atoms with Gasteiger partial charge < -0.3 is 0 Å². The average molecular weight is 274 g/mol. The second kappa shape index (κ2) is 5.31. The molecule has 1 unspecified atom stereocenters. The number of thiophene rings is 1. The lowest BCUT2D eigenvalue weighted by atomic mass is 10.2. The van der Waals surface area contributed by atoms with Gasteiger partial charge in [-0.05, 0) is 11.4 Å². The summed E-state index contributed by atoms with van der Waals surface area (Å²) in [5.74, 6) is 1.93. The zero-order valence-electron chi connectivity index (χ0n) is 10.5. The molecule has 0 saturated carbocycles.